The SMILES string of the molecule is CCCCC/C=C\C/C=C\CCCCCCCC(=O)N[C@@H](Cc1ccccc1)C(=O)N[C@@H](C)CO. The molecule has 0 aliphatic heterocycles. The third-order valence-corrected chi connectivity index (χ3v) is 5.95. The number of aliphatic hydroxyl groups is 1. The summed E-state index contributed by atoms with van der Waals surface area (Å²) in [5.74, 6) is -0.354. The van der Waals surface area contributed by atoms with Gasteiger partial charge in [0.2, 0.25) is 11.8 Å². The number of carbonyl (C=O) groups excluding carboxylic acids is 2. The molecule has 5 nitrogen and oxygen atoms in total. The van der Waals surface area contributed by atoms with Crippen molar-refractivity contribution in [2.45, 2.75) is 109 Å². The largest absolute Gasteiger partial charge is 0.394 e. The van der Waals surface area contributed by atoms with Gasteiger partial charge >= 0.3 is 0 Å². The highest BCUT2D eigenvalue weighted by atomic mass is 16.3. The minimum atomic E-state index is -0.642. The average molecular weight is 485 g/mol. The van der Waals surface area contributed by atoms with Gasteiger partial charge in [-0.25, -0.2) is 0 Å². The Labute approximate surface area is 213 Å². The smallest absolute Gasteiger partial charge is 0.243 e. The van der Waals surface area contributed by atoms with Gasteiger partial charge in [0.15, 0.2) is 0 Å². The Hall–Kier alpha value is -2.40. The number of allylic oxidation sites excluding steroid dienone is 4. The van der Waals surface area contributed by atoms with E-state index in [9.17, 15) is 14.7 Å². The molecule has 0 aromatic heterocycles. The fourth-order valence-electron chi connectivity index (χ4n) is 3.81. The van der Waals surface area contributed by atoms with Crippen LogP contribution in [0.25, 0.3) is 0 Å². The van der Waals surface area contributed by atoms with E-state index in [1.54, 1.807) is 6.92 Å². The number of hydrogen-bond acceptors (Lipinski definition) is 3. The number of aliphatic hydroxyl groups excluding tert-OH is 1. The molecule has 1 aromatic rings. The Bertz CT molecular complexity index is 730. The maximum Gasteiger partial charge on any atom is 0.243 e. The van der Waals surface area contributed by atoms with Crippen LogP contribution in [0, 0.1) is 0 Å². The predicted octanol–water partition coefficient (Wildman–Crippen LogP) is 6.02. The van der Waals surface area contributed by atoms with E-state index in [-0.39, 0.29) is 24.5 Å². The third-order valence-electron chi connectivity index (χ3n) is 5.95. The van der Waals surface area contributed by atoms with Crippen LogP contribution in [0.2, 0.25) is 0 Å². The molecule has 0 fully saturated rings. The van der Waals surface area contributed by atoms with Gasteiger partial charge in [0.05, 0.1) is 6.61 Å². The molecule has 0 heterocycles. The maximum atomic E-state index is 12.6. The lowest BCUT2D eigenvalue weighted by Gasteiger charge is -2.21. The minimum absolute atomic E-state index is 0.0941. The fraction of sp³-hybridized carbons (Fsp3) is 0.600. The van der Waals surface area contributed by atoms with Gasteiger partial charge in [0.1, 0.15) is 6.04 Å². The second kappa shape index (κ2) is 20.9. The molecule has 0 spiro atoms. The molecule has 3 N–H and O–H groups in total. The van der Waals surface area contributed by atoms with Crippen LogP contribution >= 0.6 is 0 Å². The zero-order valence-corrected chi connectivity index (χ0v) is 22.0. The van der Waals surface area contributed by atoms with Gasteiger partial charge < -0.3 is 15.7 Å². The lowest BCUT2D eigenvalue weighted by Crippen LogP contribution is -2.50. The molecule has 0 radical (unpaired) electrons. The number of nitrogens with one attached hydrogen (secondary N) is 2. The molecule has 196 valence electrons. The van der Waals surface area contributed by atoms with Crippen LogP contribution in [0.15, 0.2) is 54.6 Å². The Morgan fingerprint density at radius 1 is 0.857 bits per heavy atom. The van der Waals surface area contributed by atoms with Gasteiger partial charge in [-0.3, -0.25) is 9.59 Å². The molecule has 0 unspecified atom stereocenters. The molecule has 0 aliphatic carbocycles. The molecule has 2 amide bonds. The van der Waals surface area contributed by atoms with E-state index < -0.39 is 6.04 Å². The van der Waals surface area contributed by atoms with E-state index in [1.807, 2.05) is 30.3 Å². The van der Waals surface area contributed by atoms with Gasteiger partial charge in [-0.1, -0.05) is 93.7 Å². The lowest BCUT2D eigenvalue weighted by molar-refractivity contribution is -0.129. The van der Waals surface area contributed by atoms with Crippen molar-refractivity contribution >= 4 is 11.8 Å². The van der Waals surface area contributed by atoms with Gasteiger partial charge in [-0.15, -0.1) is 0 Å². The summed E-state index contributed by atoms with van der Waals surface area (Å²) >= 11 is 0. The number of carbonyl (C=O) groups is 2. The fourth-order valence-corrected chi connectivity index (χ4v) is 3.81. The molecule has 0 saturated heterocycles. The van der Waals surface area contributed by atoms with Crippen molar-refractivity contribution in [1.29, 1.82) is 0 Å². The van der Waals surface area contributed by atoms with E-state index in [0.717, 1.165) is 37.7 Å². The van der Waals surface area contributed by atoms with Gasteiger partial charge in [0.25, 0.3) is 0 Å². The molecule has 0 bridgehead atoms. The van der Waals surface area contributed by atoms with Crippen LogP contribution in [0.1, 0.15) is 96.5 Å². The summed E-state index contributed by atoms with van der Waals surface area (Å²) in [6.45, 7) is 3.84. The summed E-state index contributed by atoms with van der Waals surface area (Å²) in [5.41, 5.74) is 0.988. The number of rotatable bonds is 20. The van der Waals surface area contributed by atoms with Crippen LogP contribution < -0.4 is 10.6 Å². The van der Waals surface area contributed by atoms with Gasteiger partial charge in [0, 0.05) is 18.9 Å². The summed E-state index contributed by atoms with van der Waals surface area (Å²) in [6.07, 6.45) is 22.5. The van der Waals surface area contributed by atoms with E-state index >= 15 is 0 Å². The topological polar surface area (TPSA) is 78.4 Å². The quantitative estimate of drug-likeness (QED) is 0.156. The van der Waals surface area contributed by atoms with Crippen LogP contribution in [0.4, 0.5) is 0 Å². The van der Waals surface area contributed by atoms with E-state index in [0.29, 0.717) is 12.8 Å². The number of hydrogen-bond donors (Lipinski definition) is 3. The Morgan fingerprint density at radius 3 is 2.14 bits per heavy atom. The predicted molar refractivity (Wildman–Crippen MR) is 146 cm³/mol. The van der Waals surface area contributed by atoms with Crippen molar-refractivity contribution in [2.24, 2.45) is 0 Å². The highest BCUT2D eigenvalue weighted by Gasteiger charge is 2.22. The van der Waals surface area contributed by atoms with Crippen molar-refractivity contribution in [3.63, 3.8) is 0 Å². The Morgan fingerprint density at radius 2 is 1.49 bits per heavy atom. The second-order valence-corrected chi connectivity index (χ2v) is 9.38. The van der Waals surface area contributed by atoms with Crippen molar-refractivity contribution in [2.75, 3.05) is 6.61 Å². The first-order valence-corrected chi connectivity index (χ1v) is 13.6. The third kappa shape index (κ3) is 16.8. The Balaban J connectivity index is 2.21. The monoisotopic (exact) mass is 484 g/mol. The molecule has 0 aliphatic rings. The lowest BCUT2D eigenvalue weighted by atomic mass is 10.0. The zero-order chi connectivity index (χ0) is 25.6. The summed E-state index contributed by atoms with van der Waals surface area (Å²) < 4.78 is 0. The first kappa shape index (κ1) is 30.6. The normalized spacial score (nSPS) is 13.2. The first-order valence-electron chi connectivity index (χ1n) is 13.6. The molecule has 1 rings (SSSR count). The second-order valence-electron chi connectivity index (χ2n) is 9.38. The van der Waals surface area contributed by atoms with Crippen LogP contribution in [-0.2, 0) is 16.0 Å². The first-order chi connectivity index (χ1) is 17.1. The average Bonchev–Trinajstić information content (AvgIpc) is 2.86. The van der Waals surface area contributed by atoms with Crippen LogP contribution in [0.3, 0.4) is 0 Å². The summed E-state index contributed by atoms with van der Waals surface area (Å²) in [6, 6.07) is 8.67. The number of unbranched alkanes of at least 4 members (excludes halogenated alkanes) is 8. The number of amides is 2. The number of benzene rings is 1. The zero-order valence-electron chi connectivity index (χ0n) is 22.0. The molecule has 2 atom stereocenters. The van der Waals surface area contributed by atoms with Crippen molar-refractivity contribution < 1.29 is 14.7 Å². The highest BCUT2D eigenvalue weighted by Crippen LogP contribution is 2.09. The summed E-state index contributed by atoms with van der Waals surface area (Å²) in [4.78, 5) is 25.1. The van der Waals surface area contributed by atoms with Crippen molar-refractivity contribution in [3.8, 4) is 0 Å². The van der Waals surface area contributed by atoms with Crippen LogP contribution in [0.5, 0.6) is 0 Å². The van der Waals surface area contributed by atoms with Gasteiger partial charge in [-0.05, 0) is 51.0 Å². The van der Waals surface area contributed by atoms with E-state index in [1.165, 1.54) is 38.5 Å². The van der Waals surface area contributed by atoms with E-state index in [2.05, 4.69) is 41.9 Å². The minimum Gasteiger partial charge on any atom is -0.394 e. The molecule has 35 heavy (non-hydrogen) atoms. The summed E-state index contributed by atoms with van der Waals surface area (Å²) in [5, 5.41) is 14.9. The highest BCUT2D eigenvalue weighted by molar-refractivity contribution is 5.88. The standard InChI is InChI=1S/C30H48N2O3/c1-3-4-5-6-7-8-9-10-11-12-13-14-15-16-20-23-29(34)32-28(30(35)31-26(2)25-33)24-27-21-18-17-19-22-27/h7-8,10-11,17-19,21-22,26,28,33H,3-6,9,12-16,20,23-25H2,1-2H3,(H,31,35)(H,32,34)/b8-7-,11-10-/t26-,28-/m0/s1. The molecule has 5 heteroatoms. The van der Waals surface area contributed by atoms with Crippen LogP contribution in [-0.4, -0.2) is 35.6 Å². The molecular weight excluding hydrogens is 436 g/mol. The van der Waals surface area contributed by atoms with Crippen molar-refractivity contribution in [1.82, 2.24) is 10.6 Å². The maximum absolute atomic E-state index is 12.6. The van der Waals surface area contributed by atoms with Crippen molar-refractivity contribution in [3.05, 3.63) is 60.2 Å². The van der Waals surface area contributed by atoms with Gasteiger partial charge in [-0.2, -0.15) is 0 Å². The molecule has 0 saturated carbocycles. The van der Waals surface area contributed by atoms with E-state index in [4.69, 9.17) is 0 Å². The molecule has 1 aromatic carbocycles. The Kier molecular flexibility index (Phi) is 18.3. The summed E-state index contributed by atoms with van der Waals surface area (Å²) in [7, 11) is 0. The molecular formula is C30H48N2O3.